The molecule has 0 aromatic heterocycles. The van der Waals surface area contributed by atoms with E-state index in [4.69, 9.17) is 0 Å². The molecule has 0 saturated heterocycles. The monoisotopic (exact) mass is 463 g/mol. The topological polar surface area (TPSA) is 132 Å². The van der Waals surface area contributed by atoms with Gasteiger partial charge < -0.3 is 20.2 Å². The average Bonchev–Trinajstić information content (AvgIpc) is 2.78. The molecule has 2 atom stereocenters. The van der Waals surface area contributed by atoms with Crippen molar-refractivity contribution < 1.29 is 34.5 Å². The first-order valence-corrected chi connectivity index (χ1v) is 10.7. The molecular formula is C26H25NO7. The molecule has 34 heavy (non-hydrogen) atoms. The Kier molecular flexibility index (Phi) is 7.97. The Bertz CT molecular complexity index is 1070. The molecule has 1 saturated carbocycles. The Morgan fingerprint density at radius 3 is 1.74 bits per heavy atom. The second-order valence-corrected chi connectivity index (χ2v) is 8.02. The number of allylic oxidation sites excluding steroid dienone is 2. The Morgan fingerprint density at radius 2 is 1.21 bits per heavy atom. The summed E-state index contributed by atoms with van der Waals surface area (Å²) in [6.45, 7) is 0.221. The highest BCUT2D eigenvalue weighted by Gasteiger charge is 2.64. The first-order valence-electron chi connectivity index (χ1n) is 10.7. The molecule has 2 aromatic rings. The van der Waals surface area contributed by atoms with Gasteiger partial charge in [0.2, 0.25) is 5.91 Å². The number of carboxylic acids is 3. The molecule has 0 unspecified atom stereocenters. The van der Waals surface area contributed by atoms with Gasteiger partial charge in [0.15, 0.2) is 0 Å². The zero-order chi connectivity index (χ0) is 24.7. The van der Waals surface area contributed by atoms with Crippen LogP contribution in [0.3, 0.4) is 0 Å². The Balaban J connectivity index is 1.82. The summed E-state index contributed by atoms with van der Waals surface area (Å²) >= 11 is 0. The molecule has 8 heteroatoms. The highest BCUT2D eigenvalue weighted by atomic mass is 16.4. The predicted octanol–water partition coefficient (Wildman–Crippen LogP) is 3.02. The number of carbonyl (C=O) groups excluding carboxylic acids is 1. The van der Waals surface area contributed by atoms with E-state index in [1.165, 1.54) is 4.90 Å². The number of hydrogen-bond acceptors (Lipinski definition) is 4. The number of carboxylic acid groups (broad SMARTS) is 3. The maximum atomic E-state index is 13.4. The van der Waals surface area contributed by atoms with Crippen LogP contribution in [0.4, 0.5) is 0 Å². The third-order valence-corrected chi connectivity index (χ3v) is 5.88. The molecule has 3 N–H and O–H groups in total. The van der Waals surface area contributed by atoms with Crippen molar-refractivity contribution in [2.75, 3.05) is 6.54 Å². The van der Waals surface area contributed by atoms with Gasteiger partial charge in [0, 0.05) is 13.1 Å². The van der Waals surface area contributed by atoms with E-state index in [1.807, 2.05) is 42.5 Å². The molecule has 0 bridgehead atoms. The molecular weight excluding hydrogens is 438 g/mol. The molecule has 176 valence electrons. The smallest absolute Gasteiger partial charge is 0.308 e. The number of rotatable bonds is 10. The third kappa shape index (κ3) is 5.58. The number of carbonyl (C=O) groups is 4. The molecule has 2 aromatic carbocycles. The summed E-state index contributed by atoms with van der Waals surface area (Å²) in [6.07, 6.45) is 7.12. The van der Waals surface area contributed by atoms with Gasteiger partial charge in [-0.3, -0.25) is 19.2 Å². The van der Waals surface area contributed by atoms with Gasteiger partial charge in [0.1, 0.15) is 0 Å². The zero-order valence-electron chi connectivity index (χ0n) is 18.2. The molecule has 1 amide bonds. The second-order valence-electron chi connectivity index (χ2n) is 8.02. The molecule has 0 aliphatic heterocycles. The molecule has 1 aliphatic rings. The minimum atomic E-state index is -1.66. The maximum absolute atomic E-state index is 13.4. The molecule has 0 radical (unpaired) electrons. The summed E-state index contributed by atoms with van der Waals surface area (Å²) in [5.41, 5.74) is 1.77. The second kappa shape index (κ2) is 11.1. The lowest BCUT2D eigenvalue weighted by atomic mass is 9.56. The standard InChI is InChI=1S/C26H25NO7/c28-23(19-20(24(29)30)22(26(33)34)21(19)25(31)32)27(16-18-13-6-2-7-14-18)15-9-3-8-12-17-10-4-1-5-11-17/h1-14,19-22H,15-16H2,(H,29,30)(H,31,32)(H,33,34)/b9-3+,12-8+/t19?,20-,21-,22?/m0/s1. The van der Waals surface area contributed by atoms with Gasteiger partial charge in [-0.15, -0.1) is 0 Å². The fourth-order valence-electron chi connectivity index (χ4n) is 4.22. The lowest BCUT2D eigenvalue weighted by molar-refractivity contribution is -0.189. The van der Waals surface area contributed by atoms with Crippen LogP contribution in [0, 0.1) is 23.7 Å². The zero-order valence-corrected chi connectivity index (χ0v) is 18.2. The first kappa shape index (κ1) is 24.4. The Hall–Kier alpha value is -4.20. The lowest BCUT2D eigenvalue weighted by Gasteiger charge is -2.45. The van der Waals surface area contributed by atoms with E-state index in [9.17, 15) is 34.5 Å². The summed E-state index contributed by atoms with van der Waals surface area (Å²) in [5.74, 6) is -11.6. The third-order valence-electron chi connectivity index (χ3n) is 5.88. The molecule has 0 heterocycles. The van der Waals surface area contributed by atoms with E-state index in [2.05, 4.69) is 0 Å². The highest BCUT2D eigenvalue weighted by molar-refractivity contribution is 5.98. The summed E-state index contributed by atoms with van der Waals surface area (Å²) in [7, 11) is 0. The maximum Gasteiger partial charge on any atom is 0.308 e. The van der Waals surface area contributed by atoms with Gasteiger partial charge in [-0.2, -0.15) is 0 Å². The van der Waals surface area contributed by atoms with Crippen molar-refractivity contribution in [2.24, 2.45) is 23.7 Å². The quantitative estimate of drug-likeness (QED) is 0.462. The molecule has 1 aliphatic carbocycles. The predicted molar refractivity (Wildman–Crippen MR) is 123 cm³/mol. The van der Waals surface area contributed by atoms with Crippen molar-refractivity contribution in [1.82, 2.24) is 4.90 Å². The van der Waals surface area contributed by atoms with E-state index >= 15 is 0 Å². The van der Waals surface area contributed by atoms with Crippen LogP contribution in [0.25, 0.3) is 6.08 Å². The van der Waals surface area contributed by atoms with Crippen LogP contribution in [-0.4, -0.2) is 50.6 Å². The van der Waals surface area contributed by atoms with Crippen molar-refractivity contribution in [1.29, 1.82) is 0 Å². The number of amides is 1. The number of nitrogens with zero attached hydrogens (tertiary/aromatic N) is 1. The van der Waals surface area contributed by atoms with Gasteiger partial charge in [-0.1, -0.05) is 85.0 Å². The average molecular weight is 463 g/mol. The van der Waals surface area contributed by atoms with E-state index in [1.54, 1.807) is 42.5 Å². The Labute approximate surface area is 196 Å². The summed E-state index contributed by atoms with van der Waals surface area (Å²) < 4.78 is 0. The normalized spacial score (nSPS) is 21.8. The van der Waals surface area contributed by atoms with Gasteiger partial charge in [-0.05, 0) is 11.1 Å². The fourth-order valence-corrected chi connectivity index (χ4v) is 4.22. The Morgan fingerprint density at radius 1 is 0.706 bits per heavy atom. The summed E-state index contributed by atoms with van der Waals surface area (Å²) in [5, 5.41) is 28.5. The van der Waals surface area contributed by atoms with E-state index in [0.29, 0.717) is 0 Å². The lowest BCUT2D eigenvalue weighted by Crippen LogP contribution is -2.62. The molecule has 0 spiro atoms. The van der Waals surface area contributed by atoms with Crippen LogP contribution in [0.2, 0.25) is 0 Å². The molecule has 1 fully saturated rings. The minimum absolute atomic E-state index is 0.0970. The first-order chi connectivity index (χ1) is 16.3. The largest absolute Gasteiger partial charge is 0.481 e. The molecule has 8 nitrogen and oxygen atoms in total. The van der Waals surface area contributed by atoms with Gasteiger partial charge in [0.05, 0.1) is 23.7 Å². The van der Waals surface area contributed by atoms with Crippen molar-refractivity contribution in [3.8, 4) is 0 Å². The van der Waals surface area contributed by atoms with Crippen molar-refractivity contribution in [3.63, 3.8) is 0 Å². The number of hydrogen-bond donors (Lipinski definition) is 3. The van der Waals surface area contributed by atoms with Crippen LogP contribution in [0.1, 0.15) is 11.1 Å². The van der Waals surface area contributed by atoms with Crippen LogP contribution < -0.4 is 0 Å². The van der Waals surface area contributed by atoms with Gasteiger partial charge >= 0.3 is 17.9 Å². The van der Waals surface area contributed by atoms with Gasteiger partial charge in [0.25, 0.3) is 0 Å². The van der Waals surface area contributed by atoms with Crippen LogP contribution in [0.15, 0.2) is 78.9 Å². The summed E-state index contributed by atoms with van der Waals surface area (Å²) in [6, 6.07) is 18.6. The minimum Gasteiger partial charge on any atom is -0.481 e. The fraction of sp³-hybridized carbons (Fsp3) is 0.231. The van der Waals surface area contributed by atoms with Crippen molar-refractivity contribution in [3.05, 3.63) is 90.0 Å². The van der Waals surface area contributed by atoms with Gasteiger partial charge in [-0.25, -0.2) is 0 Å². The highest BCUT2D eigenvalue weighted by Crippen LogP contribution is 2.48. The van der Waals surface area contributed by atoms with E-state index in [-0.39, 0.29) is 13.1 Å². The van der Waals surface area contributed by atoms with Crippen molar-refractivity contribution >= 4 is 29.9 Å². The number of aliphatic carboxylic acids is 3. The van der Waals surface area contributed by atoms with Crippen LogP contribution in [-0.2, 0) is 25.7 Å². The molecule has 3 rings (SSSR count). The SMILES string of the molecule is O=C(O)C1[C@@H](C(=O)O)C(C(=O)N(C/C=C/C=C/c2ccccc2)Cc2ccccc2)[C@@H]1C(=O)O. The summed E-state index contributed by atoms with van der Waals surface area (Å²) in [4.78, 5) is 49.7. The van der Waals surface area contributed by atoms with Crippen LogP contribution in [0.5, 0.6) is 0 Å². The van der Waals surface area contributed by atoms with Crippen LogP contribution >= 0.6 is 0 Å². The van der Waals surface area contributed by atoms with E-state index in [0.717, 1.165) is 11.1 Å². The van der Waals surface area contributed by atoms with Crippen molar-refractivity contribution in [2.45, 2.75) is 6.54 Å². The van der Waals surface area contributed by atoms with E-state index < -0.39 is 47.5 Å². The number of benzene rings is 2.